The van der Waals surface area contributed by atoms with Crippen LogP contribution in [0.4, 0.5) is 0 Å². The molecule has 0 saturated heterocycles. The topological polar surface area (TPSA) is 35.8 Å². The van der Waals surface area contributed by atoms with Gasteiger partial charge < -0.3 is 5.32 Å². The molecule has 13 heavy (non-hydrogen) atoms. The predicted molar refractivity (Wildman–Crippen MR) is 52.1 cm³/mol. The molecule has 0 aromatic carbocycles. The number of nitrogens with one attached hydrogen (secondary N) is 1. The van der Waals surface area contributed by atoms with Gasteiger partial charge in [-0.25, -0.2) is 0 Å². The maximum atomic E-state index is 8.40. The molecule has 2 heteroatoms. The lowest BCUT2D eigenvalue weighted by Gasteiger charge is -2.16. The van der Waals surface area contributed by atoms with Gasteiger partial charge in [-0.1, -0.05) is 0 Å². The molecule has 0 atom stereocenters. The van der Waals surface area contributed by atoms with E-state index in [1.165, 1.54) is 25.7 Å². The summed E-state index contributed by atoms with van der Waals surface area (Å²) >= 11 is 0. The molecule has 0 radical (unpaired) electrons. The zero-order chi connectivity index (χ0) is 9.10. The van der Waals surface area contributed by atoms with Crippen molar-refractivity contribution in [2.75, 3.05) is 6.54 Å². The molecule has 1 N–H and O–H groups in total. The van der Waals surface area contributed by atoms with Gasteiger partial charge in [-0.05, 0) is 50.5 Å². The van der Waals surface area contributed by atoms with E-state index in [0.717, 1.165) is 30.8 Å². The first kappa shape index (κ1) is 9.02. The van der Waals surface area contributed by atoms with Gasteiger partial charge in [0.1, 0.15) is 0 Å². The highest BCUT2D eigenvalue weighted by atomic mass is 14.9. The molecule has 2 saturated carbocycles. The van der Waals surface area contributed by atoms with Crippen LogP contribution in [0.2, 0.25) is 0 Å². The first-order chi connectivity index (χ1) is 6.42. The third-order valence-corrected chi connectivity index (χ3v) is 3.11. The molecule has 0 aliphatic heterocycles. The molecule has 2 aliphatic carbocycles. The number of nitriles is 1. The molecule has 0 aromatic heterocycles. The first-order valence-corrected chi connectivity index (χ1v) is 5.52. The molecular weight excluding hydrogens is 160 g/mol. The van der Waals surface area contributed by atoms with Gasteiger partial charge in [-0.15, -0.1) is 0 Å². The Labute approximate surface area is 80.3 Å². The van der Waals surface area contributed by atoms with Crippen LogP contribution < -0.4 is 5.32 Å². The third kappa shape index (κ3) is 2.70. The summed E-state index contributed by atoms with van der Waals surface area (Å²) in [5.74, 6) is 1.96. The van der Waals surface area contributed by atoms with Gasteiger partial charge in [0, 0.05) is 12.5 Å². The van der Waals surface area contributed by atoms with Crippen molar-refractivity contribution >= 4 is 0 Å². The number of hydrogen-bond acceptors (Lipinski definition) is 2. The first-order valence-electron chi connectivity index (χ1n) is 5.52. The SMILES string of the molecule is N#CCCCNC(C1CC1)C1CC1. The lowest BCUT2D eigenvalue weighted by atomic mass is 10.1. The highest BCUT2D eigenvalue weighted by Gasteiger charge is 2.40. The Hall–Kier alpha value is -0.550. The smallest absolute Gasteiger partial charge is 0.0622 e. The summed E-state index contributed by atoms with van der Waals surface area (Å²) in [5.41, 5.74) is 0. The van der Waals surface area contributed by atoms with E-state index in [9.17, 15) is 0 Å². The maximum absolute atomic E-state index is 8.40. The van der Waals surface area contributed by atoms with Crippen LogP contribution in [0.15, 0.2) is 0 Å². The van der Waals surface area contributed by atoms with Crippen LogP contribution in [0.1, 0.15) is 38.5 Å². The Morgan fingerprint density at radius 2 is 1.85 bits per heavy atom. The monoisotopic (exact) mass is 178 g/mol. The Balaban J connectivity index is 1.62. The largest absolute Gasteiger partial charge is 0.313 e. The van der Waals surface area contributed by atoms with Gasteiger partial charge in [0.2, 0.25) is 0 Å². The fraction of sp³-hybridized carbons (Fsp3) is 0.909. The van der Waals surface area contributed by atoms with Crippen molar-refractivity contribution in [3.05, 3.63) is 0 Å². The summed E-state index contributed by atoms with van der Waals surface area (Å²) in [6, 6.07) is 3.00. The standard InChI is InChI=1S/C11H18N2/c12-7-1-2-8-13-11(9-3-4-9)10-5-6-10/h9-11,13H,1-6,8H2. The summed E-state index contributed by atoms with van der Waals surface area (Å²) in [5, 5.41) is 12.0. The van der Waals surface area contributed by atoms with E-state index in [2.05, 4.69) is 11.4 Å². The maximum Gasteiger partial charge on any atom is 0.0622 e. The summed E-state index contributed by atoms with van der Waals surface area (Å²) in [4.78, 5) is 0. The number of nitrogens with zero attached hydrogens (tertiary/aromatic N) is 1. The molecular formula is C11H18N2. The molecule has 2 aliphatic rings. The van der Waals surface area contributed by atoms with Crippen molar-refractivity contribution in [2.45, 2.75) is 44.6 Å². The average molecular weight is 178 g/mol. The lowest BCUT2D eigenvalue weighted by Crippen LogP contribution is -2.33. The second kappa shape index (κ2) is 4.11. The van der Waals surface area contributed by atoms with E-state index in [1.54, 1.807) is 0 Å². The fourth-order valence-corrected chi connectivity index (χ4v) is 2.07. The van der Waals surface area contributed by atoms with Crippen molar-refractivity contribution in [3.63, 3.8) is 0 Å². The second-order valence-electron chi connectivity index (χ2n) is 4.42. The molecule has 0 aromatic rings. The van der Waals surface area contributed by atoms with Crippen LogP contribution in [0.3, 0.4) is 0 Å². The minimum atomic E-state index is 0.703. The van der Waals surface area contributed by atoms with Gasteiger partial charge in [0.15, 0.2) is 0 Å². The van der Waals surface area contributed by atoms with E-state index in [0.29, 0.717) is 6.42 Å². The van der Waals surface area contributed by atoms with Gasteiger partial charge in [-0.2, -0.15) is 5.26 Å². The Kier molecular flexibility index (Phi) is 2.85. The summed E-state index contributed by atoms with van der Waals surface area (Å²) in [6.45, 7) is 1.05. The van der Waals surface area contributed by atoms with E-state index >= 15 is 0 Å². The number of unbranched alkanes of at least 4 members (excludes halogenated alkanes) is 1. The zero-order valence-corrected chi connectivity index (χ0v) is 8.13. The van der Waals surface area contributed by atoms with Crippen molar-refractivity contribution in [2.24, 2.45) is 11.8 Å². The van der Waals surface area contributed by atoms with Crippen LogP contribution in [-0.4, -0.2) is 12.6 Å². The van der Waals surface area contributed by atoms with Crippen molar-refractivity contribution in [1.29, 1.82) is 5.26 Å². The normalized spacial score (nSPS) is 21.8. The zero-order valence-electron chi connectivity index (χ0n) is 8.13. The molecule has 0 spiro atoms. The molecule has 2 rings (SSSR count). The average Bonchev–Trinajstić information content (AvgIpc) is 2.99. The molecule has 72 valence electrons. The fourth-order valence-electron chi connectivity index (χ4n) is 2.07. The molecule has 0 unspecified atom stereocenters. The quantitative estimate of drug-likeness (QED) is 0.632. The van der Waals surface area contributed by atoms with E-state index in [1.807, 2.05) is 0 Å². The summed E-state index contributed by atoms with van der Waals surface area (Å²) in [7, 11) is 0. The predicted octanol–water partition coefficient (Wildman–Crippen LogP) is 2.07. The molecule has 2 nitrogen and oxygen atoms in total. The van der Waals surface area contributed by atoms with Crippen molar-refractivity contribution in [3.8, 4) is 6.07 Å². The van der Waals surface area contributed by atoms with Gasteiger partial charge in [0.05, 0.1) is 6.07 Å². The number of hydrogen-bond donors (Lipinski definition) is 1. The third-order valence-electron chi connectivity index (χ3n) is 3.11. The van der Waals surface area contributed by atoms with Crippen molar-refractivity contribution < 1.29 is 0 Å². The van der Waals surface area contributed by atoms with Gasteiger partial charge in [-0.3, -0.25) is 0 Å². The highest BCUT2D eigenvalue weighted by molar-refractivity contribution is 4.96. The van der Waals surface area contributed by atoms with Gasteiger partial charge >= 0.3 is 0 Å². The van der Waals surface area contributed by atoms with E-state index in [-0.39, 0.29) is 0 Å². The van der Waals surface area contributed by atoms with E-state index in [4.69, 9.17) is 5.26 Å². The second-order valence-corrected chi connectivity index (χ2v) is 4.42. The van der Waals surface area contributed by atoms with Crippen LogP contribution >= 0.6 is 0 Å². The Bertz CT molecular complexity index is 187. The van der Waals surface area contributed by atoms with Crippen LogP contribution in [0.5, 0.6) is 0 Å². The van der Waals surface area contributed by atoms with Gasteiger partial charge in [0.25, 0.3) is 0 Å². The van der Waals surface area contributed by atoms with Crippen LogP contribution in [0, 0.1) is 23.2 Å². The number of rotatable bonds is 6. The Morgan fingerprint density at radius 1 is 1.23 bits per heavy atom. The summed E-state index contributed by atoms with van der Waals surface area (Å²) < 4.78 is 0. The molecule has 0 bridgehead atoms. The Morgan fingerprint density at radius 3 is 2.31 bits per heavy atom. The van der Waals surface area contributed by atoms with E-state index < -0.39 is 0 Å². The molecule has 2 fully saturated rings. The van der Waals surface area contributed by atoms with Crippen LogP contribution in [-0.2, 0) is 0 Å². The minimum absolute atomic E-state index is 0.703. The highest BCUT2D eigenvalue weighted by Crippen LogP contribution is 2.44. The summed E-state index contributed by atoms with van der Waals surface area (Å²) in [6.07, 6.45) is 7.47. The lowest BCUT2D eigenvalue weighted by molar-refractivity contribution is 0.415. The minimum Gasteiger partial charge on any atom is -0.313 e. The van der Waals surface area contributed by atoms with Crippen molar-refractivity contribution in [1.82, 2.24) is 5.32 Å². The molecule has 0 amide bonds. The van der Waals surface area contributed by atoms with Crippen LogP contribution in [0.25, 0.3) is 0 Å². The molecule has 0 heterocycles.